The lowest BCUT2D eigenvalue weighted by molar-refractivity contribution is 0.102. The lowest BCUT2D eigenvalue weighted by Gasteiger charge is -2.13. The molecule has 0 fully saturated rings. The molecule has 4 aromatic rings. The number of methoxy groups -OCH3 is 1. The molecule has 4 rings (SSSR count). The van der Waals surface area contributed by atoms with Crippen molar-refractivity contribution >= 4 is 17.2 Å². The third-order valence-corrected chi connectivity index (χ3v) is 4.60. The maximum absolute atomic E-state index is 12.6. The van der Waals surface area contributed by atoms with Crippen molar-refractivity contribution in [3.8, 4) is 11.5 Å². The van der Waals surface area contributed by atoms with Gasteiger partial charge in [-0.2, -0.15) is 0 Å². The number of rotatable bonds is 6. The molecule has 2 aromatic heterocycles. The fraction of sp³-hybridized carbons (Fsp3) is 0.130. The third-order valence-electron chi connectivity index (χ3n) is 4.60. The van der Waals surface area contributed by atoms with Crippen molar-refractivity contribution in [3.63, 3.8) is 0 Å². The number of hydrogen-bond donors (Lipinski definition) is 1. The summed E-state index contributed by atoms with van der Waals surface area (Å²) in [5.41, 5.74) is 3.84. The van der Waals surface area contributed by atoms with Crippen molar-refractivity contribution in [2.24, 2.45) is 0 Å². The summed E-state index contributed by atoms with van der Waals surface area (Å²) in [4.78, 5) is 17.1. The first-order valence-corrected chi connectivity index (χ1v) is 9.24. The molecule has 0 spiro atoms. The monoisotopic (exact) mass is 387 g/mol. The van der Waals surface area contributed by atoms with Crippen LogP contribution in [0.25, 0.3) is 5.65 Å². The van der Waals surface area contributed by atoms with Gasteiger partial charge < -0.3 is 19.2 Å². The van der Waals surface area contributed by atoms with E-state index in [9.17, 15) is 4.79 Å². The highest BCUT2D eigenvalue weighted by molar-refractivity contribution is 6.05. The van der Waals surface area contributed by atoms with Crippen LogP contribution in [-0.2, 0) is 6.61 Å². The molecular weight excluding hydrogens is 366 g/mol. The zero-order valence-corrected chi connectivity index (χ0v) is 16.3. The molecule has 0 bridgehead atoms. The van der Waals surface area contributed by atoms with Gasteiger partial charge in [-0.1, -0.05) is 24.3 Å². The van der Waals surface area contributed by atoms with Crippen LogP contribution in [-0.4, -0.2) is 22.4 Å². The number of nitrogens with zero attached hydrogens (tertiary/aromatic N) is 2. The summed E-state index contributed by atoms with van der Waals surface area (Å²) in [5.74, 6) is 0.953. The third kappa shape index (κ3) is 4.06. The molecule has 1 amide bonds. The minimum absolute atomic E-state index is 0.167. The van der Waals surface area contributed by atoms with Crippen molar-refractivity contribution in [1.29, 1.82) is 0 Å². The van der Waals surface area contributed by atoms with Gasteiger partial charge in [0.05, 0.1) is 12.8 Å². The number of pyridine rings is 1. The molecule has 0 saturated heterocycles. The van der Waals surface area contributed by atoms with Crippen LogP contribution in [0.1, 0.15) is 21.6 Å². The Morgan fingerprint density at radius 1 is 1.07 bits per heavy atom. The highest BCUT2D eigenvalue weighted by Gasteiger charge is 2.12. The molecule has 146 valence electrons. The Morgan fingerprint density at radius 3 is 2.69 bits per heavy atom. The number of carbonyl (C=O) groups excluding carboxylic acids is 1. The quantitative estimate of drug-likeness (QED) is 0.530. The van der Waals surface area contributed by atoms with E-state index in [-0.39, 0.29) is 12.5 Å². The van der Waals surface area contributed by atoms with Crippen molar-refractivity contribution in [2.45, 2.75) is 13.5 Å². The molecule has 6 nitrogen and oxygen atoms in total. The first kappa shape index (κ1) is 18.6. The number of benzene rings is 2. The molecule has 0 aliphatic heterocycles. The molecule has 0 aliphatic rings. The maximum Gasteiger partial charge on any atom is 0.255 e. The molecule has 0 radical (unpaired) electrons. The minimum atomic E-state index is -0.167. The average Bonchev–Trinajstić information content (AvgIpc) is 3.15. The van der Waals surface area contributed by atoms with Gasteiger partial charge >= 0.3 is 0 Å². The Labute approximate surface area is 168 Å². The molecule has 0 atom stereocenters. The van der Waals surface area contributed by atoms with Gasteiger partial charge in [-0.05, 0) is 42.8 Å². The smallest absolute Gasteiger partial charge is 0.255 e. The van der Waals surface area contributed by atoms with Gasteiger partial charge in [0.25, 0.3) is 5.91 Å². The predicted octanol–water partition coefficient (Wildman–Crippen LogP) is 4.48. The van der Waals surface area contributed by atoms with E-state index < -0.39 is 0 Å². The van der Waals surface area contributed by atoms with Gasteiger partial charge in [0.1, 0.15) is 12.3 Å². The van der Waals surface area contributed by atoms with Crippen LogP contribution in [0.3, 0.4) is 0 Å². The van der Waals surface area contributed by atoms with Crippen LogP contribution in [0.2, 0.25) is 0 Å². The van der Waals surface area contributed by atoms with E-state index in [1.807, 2.05) is 60.1 Å². The number of amides is 1. The summed E-state index contributed by atoms with van der Waals surface area (Å²) in [6.07, 6.45) is 3.86. The Morgan fingerprint density at radius 2 is 1.90 bits per heavy atom. The fourth-order valence-corrected chi connectivity index (χ4v) is 3.10. The first-order valence-electron chi connectivity index (χ1n) is 9.24. The standard InChI is InChI=1S/C23H21N3O3/c1-16-7-3-4-8-19(16)23(27)25-17-10-11-20(28-2)21(13-17)29-15-18-14-26-12-6-5-9-22(26)24-18/h3-14H,15H2,1-2H3,(H,25,27). The highest BCUT2D eigenvalue weighted by atomic mass is 16.5. The van der Waals surface area contributed by atoms with Crippen molar-refractivity contribution < 1.29 is 14.3 Å². The lowest BCUT2D eigenvalue weighted by atomic mass is 10.1. The zero-order valence-electron chi connectivity index (χ0n) is 16.3. The van der Waals surface area contributed by atoms with E-state index >= 15 is 0 Å². The van der Waals surface area contributed by atoms with Gasteiger partial charge in [0.2, 0.25) is 0 Å². The van der Waals surface area contributed by atoms with E-state index in [0.717, 1.165) is 16.9 Å². The fourth-order valence-electron chi connectivity index (χ4n) is 3.10. The lowest BCUT2D eigenvalue weighted by Crippen LogP contribution is -2.13. The van der Waals surface area contributed by atoms with Gasteiger partial charge in [-0.3, -0.25) is 4.79 Å². The summed E-state index contributed by atoms with van der Waals surface area (Å²) >= 11 is 0. The number of anilines is 1. The number of nitrogens with one attached hydrogen (secondary N) is 1. The Balaban J connectivity index is 1.52. The molecule has 2 aromatic carbocycles. The number of imidazole rings is 1. The number of carbonyl (C=O) groups is 1. The second-order valence-electron chi connectivity index (χ2n) is 6.62. The van der Waals surface area contributed by atoms with Crippen LogP contribution < -0.4 is 14.8 Å². The molecule has 0 unspecified atom stereocenters. The molecular formula is C23H21N3O3. The number of aromatic nitrogens is 2. The van der Waals surface area contributed by atoms with Gasteiger partial charge in [0, 0.05) is 29.7 Å². The summed E-state index contributed by atoms with van der Waals surface area (Å²) in [6.45, 7) is 2.19. The molecule has 2 heterocycles. The summed E-state index contributed by atoms with van der Waals surface area (Å²) in [7, 11) is 1.58. The van der Waals surface area contributed by atoms with E-state index in [0.29, 0.717) is 22.7 Å². The second-order valence-corrected chi connectivity index (χ2v) is 6.62. The maximum atomic E-state index is 12.6. The van der Waals surface area contributed by atoms with Gasteiger partial charge in [-0.25, -0.2) is 4.98 Å². The van der Waals surface area contributed by atoms with E-state index in [2.05, 4.69) is 10.3 Å². The summed E-state index contributed by atoms with van der Waals surface area (Å²) in [5, 5.41) is 2.92. The number of aryl methyl sites for hydroxylation is 1. The number of ether oxygens (including phenoxy) is 2. The van der Waals surface area contributed by atoms with Crippen molar-refractivity contribution in [1.82, 2.24) is 9.38 Å². The molecule has 0 aliphatic carbocycles. The van der Waals surface area contributed by atoms with E-state index in [1.54, 1.807) is 31.4 Å². The minimum Gasteiger partial charge on any atom is -0.493 e. The predicted molar refractivity (Wildman–Crippen MR) is 112 cm³/mol. The normalized spacial score (nSPS) is 10.7. The molecule has 6 heteroatoms. The van der Waals surface area contributed by atoms with E-state index in [1.165, 1.54) is 0 Å². The number of fused-ring (bicyclic) bond motifs is 1. The van der Waals surface area contributed by atoms with E-state index in [4.69, 9.17) is 9.47 Å². The van der Waals surface area contributed by atoms with Crippen LogP contribution >= 0.6 is 0 Å². The number of hydrogen-bond acceptors (Lipinski definition) is 4. The molecule has 0 saturated carbocycles. The molecule has 29 heavy (non-hydrogen) atoms. The topological polar surface area (TPSA) is 64.9 Å². The highest BCUT2D eigenvalue weighted by Crippen LogP contribution is 2.31. The van der Waals surface area contributed by atoms with Crippen LogP contribution in [0.15, 0.2) is 73.1 Å². The van der Waals surface area contributed by atoms with Crippen molar-refractivity contribution in [2.75, 3.05) is 12.4 Å². The zero-order chi connectivity index (χ0) is 20.2. The summed E-state index contributed by atoms with van der Waals surface area (Å²) < 4.78 is 13.3. The molecule has 1 N–H and O–H groups in total. The van der Waals surface area contributed by atoms with Gasteiger partial charge in [-0.15, -0.1) is 0 Å². The summed E-state index contributed by atoms with van der Waals surface area (Å²) in [6, 6.07) is 18.6. The van der Waals surface area contributed by atoms with Crippen LogP contribution in [0.5, 0.6) is 11.5 Å². The Bertz CT molecular complexity index is 1130. The Hall–Kier alpha value is -3.80. The average molecular weight is 387 g/mol. The van der Waals surface area contributed by atoms with Crippen LogP contribution in [0.4, 0.5) is 5.69 Å². The van der Waals surface area contributed by atoms with Crippen LogP contribution in [0, 0.1) is 6.92 Å². The Kier molecular flexibility index (Phi) is 5.16. The second kappa shape index (κ2) is 8.06. The van der Waals surface area contributed by atoms with Crippen molar-refractivity contribution in [3.05, 3.63) is 89.9 Å². The van der Waals surface area contributed by atoms with Gasteiger partial charge in [0.15, 0.2) is 11.5 Å². The first-order chi connectivity index (χ1) is 14.1. The largest absolute Gasteiger partial charge is 0.493 e. The SMILES string of the molecule is COc1ccc(NC(=O)c2ccccc2C)cc1OCc1cn2ccccc2n1.